The third kappa shape index (κ3) is 2.79. The highest BCUT2D eigenvalue weighted by Gasteiger charge is 2.62. The average molecular weight is 354 g/mol. The van der Waals surface area contributed by atoms with Crippen LogP contribution in [0.2, 0.25) is 0 Å². The lowest BCUT2D eigenvalue weighted by Gasteiger charge is -2.06. The van der Waals surface area contributed by atoms with E-state index in [2.05, 4.69) is 29.0 Å². The lowest BCUT2D eigenvalue weighted by molar-refractivity contribution is 0.368. The number of pyridine rings is 1. The molecule has 0 saturated heterocycles. The fourth-order valence-electron chi connectivity index (χ4n) is 3.46. The van der Waals surface area contributed by atoms with Crippen molar-refractivity contribution in [1.82, 2.24) is 15.1 Å². The zero-order valence-corrected chi connectivity index (χ0v) is 14.6. The summed E-state index contributed by atoms with van der Waals surface area (Å²) in [6.45, 7) is 4.27. The van der Waals surface area contributed by atoms with Crippen LogP contribution in [-0.4, -0.2) is 23.9 Å². The molecule has 0 bridgehead atoms. The van der Waals surface area contributed by atoms with Gasteiger partial charge in [-0.15, -0.1) is 0 Å². The van der Waals surface area contributed by atoms with Crippen LogP contribution in [0.1, 0.15) is 37.1 Å². The summed E-state index contributed by atoms with van der Waals surface area (Å²) in [4.78, 5) is 8.57. The maximum atomic E-state index is 11.0. The second kappa shape index (κ2) is 5.86. The molecule has 7 heteroatoms. The van der Waals surface area contributed by atoms with Crippen LogP contribution in [0, 0.1) is 5.41 Å². The van der Waals surface area contributed by atoms with Crippen LogP contribution in [0.3, 0.4) is 0 Å². The molecule has 25 heavy (non-hydrogen) atoms. The monoisotopic (exact) mass is 354 g/mol. The summed E-state index contributed by atoms with van der Waals surface area (Å²) in [5, 5.41) is 4.14. The standard InChI is InChI=1S/C18H17N3O3S/c1-18(2)14(12-8-9-13(19-10-12)25(22)23)15(18)17-20-16(21-24-17)11-6-4-3-5-7-11/h3-10,14-15H,1-2H3,(H,22,23)/p-1/t14-,15+/m0/s1. The highest BCUT2D eigenvalue weighted by atomic mass is 32.2. The molecule has 6 nitrogen and oxygen atoms in total. The lowest BCUT2D eigenvalue weighted by atomic mass is 10.1. The van der Waals surface area contributed by atoms with Gasteiger partial charge in [0.1, 0.15) is 5.03 Å². The van der Waals surface area contributed by atoms with Crippen molar-refractivity contribution in [2.24, 2.45) is 5.41 Å². The number of benzene rings is 1. The molecule has 1 fully saturated rings. The van der Waals surface area contributed by atoms with E-state index in [-0.39, 0.29) is 22.3 Å². The van der Waals surface area contributed by atoms with Crippen LogP contribution >= 0.6 is 0 Å². The van der Waals surface area contributed by atoms with E-state index >= 15 is 0 Å². The minimum atomic E-state index is -2.31. The quantitative estimate of drug-likeness (QED) is 0.668. The average Bonchev–Trinajstić information content (AvgIpc) is 2.96. The summed E-state index contributed by atoms with van der Waals surface area (Å²) in [5.74, 6) is 1.43. The van der Waals surface area contributed by atoms with Crippen molar-refractivity contribution in [3.63, 3.8) is 0 Å². The Bertz CT molecular complexity index is 922. The van der Waals surface area contributed by atoms with Gasteiger partial charge in [0.15, 0.2) is 0 Å². The first-order valence-corrected chi connectivity index (χ1v) is 9.00. The molecule has 1 saturated carbocycles. The SMILES string of the molecule is CC1(C)[C@@H](c2ccc(S(=O)[O-])nc2)[C@@H]1c1nc(-c2ccccc2)no1. The molecule has 1 aromatic carbocycles. The van der Waals surface area contributed by atoms with E-state index in [4.69, 9.17) is 4.52 Å². The van der Waals surface area contributed by atoms with Gasteiger partial charge in [-0.25, -0.2) is 4.98 Å². The van der Waals surface area contributed by atoms with Gasteiger partial charge in [0, 0.05) is 17.7 Å². The van der Waals surface area contributed by atoms with Gasteiger partial charge in [0.05, 0.1) is 5.92 Å². The molecule has 0 aliphatic heterocycles. The number of nitrogens with zero attached hydrogens (tertiary/aromatic N) is 3. The number of aromatic nitrogens is 3. The molecule has 2 aromatic heterocycles. The molecular formula is C18H16N3O3S-. The Labute approximate surface area is 147 Å². The van der Waals surface area contributed by atoms with E-state index < -0.39 is 11.1 Å². The first-order valence-electron chi connectivity index (χ1n) is 7.92. The Kier molecular flexibility index (Phi) is 3.77. The zero-order valence-electron chi connectivity index (χ0n) is 13.7. The minimum Gasteiger partial charge on any atom is -0.767 e. The summed E-state index contributed by atoms with van der Waals surface area (Å²) in [5.41, 5.74) is 1.83. The predicted molar refractivity (Wildman–Crippen MR) is 90.4 cm³/mol. The minimum absolute atomic E-state index is 0.0444. The van der Waals surface area contributed by atoms with Crippen molar-refractivity contribution in [2.75, 3.05) is 0 Å². The molecular weight excluding hydrogens is 338 g/mol. The van der Waals surface area contributed by atoms with Crippen LogP contribution in [0.15, 0.2) is 58.2 Å². The zero-order chi connectivity index (χ0) is 17.6. The first-order chi connectivity index (χ1) is 12.0. The third-order valence-electron chi connectivity index (χ3n) is 4.86. The van der Waals surface area contributed by atoms with Crippen LogP contribution < -0.4 is 0 Å². The van der Waals surface area contributed by atoms with E-state index in [0.717, 1.165) is 11.1 Å². The summed E-state index contributed by atoms with van der Waals surface area (Å²) >= 11 is -2.31. The van der Waals surface area contributed by atoms with E-state index in [0.29, 0.717) is 11.7 Å². The third-order valence-corrected chi connectivity index (χ3v) is 5.44. The van der Waals surface area contributed by atoms with Crippen molar-refractivity contribution in [1.29, 1.82) is 0 Å². The molecule has 2 heterocycles. The molecule has 3 atom stereocenters. The molecule has 1 aliphatic rings. The molecule has 3 aromatic rings. The Hall–Kier alpha value is -2.38. The topological polar surface area (TPSA) is 91.9 Å². The van der Waals surface area contributed by atoms with E-state index in [1.54, 1.807) is 12.3 Å². The highest BCUT2D eigenvalue weighted by Crippen LogP contribution is 2.69. The van der Waals surface area contributed by atoms with Crippen LogP contribution in [0.5, 0.6) is 0 Å². The van der Waals surface area contributed by atoms with Gasteiger partial charge in [0.2, 0.25) is 11.7 Å². The molecule has 0 radical (unpaired) electrons. The normalized spacial score (nSPS) is 22.5. The fourth-order valence-corrected chi connectivity index (χ4v) is 3.78. The summed E-state index contributed by atoms with van der Waals surface area (Å²) in [6.07, 6.45) is 1.62. The molecule has 1 unspecified atom stereocenters. The van der Waals surface area contributed by atoms with Crippen LogP contribution in [-0.2, 0) is 11.1 Å². The van der Waals surface area contributed by atoms with Gasteiger partial charge in [-0.1, -0.05) is 55.4 Å². The Balaban J connectivity index is 1.61. The second-order valence-electron chi connectivity index (χ2n) is 6.76. The summed E-state index contributed by atoms with van der Waals surface area (Å²) < 4.78 is 27.4. The smallest absolute Gasteiger partial charge is 0.231 e. The fraction of sp³-hybridized carbons (Fsp3) is 0.278. The summed E-state index contributed by atoms with van der Waals surface area (Å²) in [6, 6.07) is 13.0. The molecule has 0 amide bonds. The van der Waals surface area contributed by atoms with Gasteiger partial charge in [0.25, 0.3) is 0 Å². The van der Waals surface area contributed by atoms with Gasteiger partial charge in [-0.3, -0.25) is 4.21 Å². The van der Waals surface area contributed by atoms with Gasteiger partial charge < -0.3 is 9.08 Å². The van der Waals surface area contributed by atoms with Crippen molar-refractivity contribution in [3.05, 3.63) is 60.1 Å². The van der Waals surface area contributed by atoms with Gasteiger partial charge in [-0.05, 0) is 28.1 Å². The first kappa shape index (κ1) is 16.1. The maximum Gasteiger partial charge on any atom is 0.231 e. The molecule has 4 rings (SSSR count). The molecule has 1 aliphatic carbocycles. The Morgan fingerprint density at radius 2 is 1.88 bits per heavy atom. The largest absolute Gasteiger partial charge is 0.767 e. The number of hydrogen-bond acceptors (Lipinski definition) is 6. The Morgan fingerprint density at radius 1 is 1.12 bits per heavy atom. The number of hydrogen-bond donors (Lipinski definition) is 0. The van der Waals surface area contributed by atoms with Gasteiger partial charge in [-0.2, -0.15) is 4.98 Å². The Morgan fingerprint density at radius 3 is 2.52 bits per heavy atom. The van der Waals surface area contributed by atoms with Crippen molar-refractivity contribution in [3.8, 4) is 11.4 Å². The van der Waals surface area contributed by atoms with E-state index in [1.807, 2.05) is 30.3 Å². The molecule has 0 N–H and O–H groups in total. The van der Waals surface area contributed by atoms with E-state index in [1.165, 1.54) is 6.07 Å². The predicted octanol–water partition coefficient (Wildman–Crippen LogP) is 3.28. The van der Waals surface area contributed by atoms with Crippen molar-refractivity contribution < 1.29 is 13.3 Å². The summed E-state index contributed by atoms with van der Waals surface area (Å²) in [7, 11) is 0. The van der Waals surface area contributed by atoms with E-state index in [9.17, 15) is 8.76 Å². The highest BCUT2D eigenvalue weighted by molar-refractivity contribution is 7.79. The van der Waals surface area contributed by atoms with Crippen LogP contribution in [0.25, 0.3) is 11.4 Å². The second-order valence-corrected chi connectivity index (χ2v) is 7.65. The molecule has 128 valence electrons. The number of rotatable bonds is 4. The maximum absolute atomic E-state index is 11.0. The molecule has 0 spiro atoms. The van der Waals surface area contributed by atoms with Gasteiger partial charge >= 0.3 is 0 Å². The van der Waals surface area contributed by atoms with Crippen molar-refractivity contribution >= 4 is 11.1 Å². The van der Waals surface area contributed by atoms with Crippen molar-refractivity contribution in [2.45, 2.75) is 30.7 Å². The van der Waals surface area contributed by atoms with Crippen LogP contribution in [0.4, 0.5) is 0 Å². The lowest BCUT2D eigenvalue weighted by Crippen LogP contribution is -1.95.